The van der Waals surface area contributed by atoms with Crippen LogP contribution >= 0.6 is 0 Å². The summed E-state index contributed by atoms with van der Waals surface area (Å²) in [6, 6.07) is 5.44. The van der Waals surface area contributed by atoms with E-state index in [2.05, 4.69) is 14.8 Å². The molecule has 1 aromatic carbocycles. The van der Waals surface area contributed by atoms with E-state index in [0.29, 0.717) is 12.0 Å². The minimum absolute atomic E-state index is 0.0813. The number of halogens is 1. The molecule has 2 N–H and O–H groups in total. The highest BCUT2D eigenvalue weighted by Crippen LogP contribution is 2.24. The summed E-state index contributed by atoms with van der Waals surface area (Å²) < 4.78 is 20.0. The quantitative estimate of drug-likeness (QED) is 0.845. The first kappa shape index (κ1) is 15.1. The van der Waals surface area contributed by atoms with E-state index in [4.69, 9.17) is 5.73 Å². The minimum Gasteiger partial charge on any atom is -0.463 e. The third kappa shape index (κ3) is 3.08. The largest absolute Gasteiger partial charge is 0.463 e. The standard InChI is InChI=1S/C14H17FN4O2/c1-3-11(16)12(9-6-4-5-7-10(9)15)19-8-17-13(18-19)14(20)21-2/h4-8,11-12H,3,16H2,1-2H3. The topological polar surface area (TPSA) is 83.0 Å². The molecule has 6 nitrogen and oxygen atoms in total. The fourth-order valence-electron chi connectivity index (χ4n) is 2.10. The Hall–Kier alpha value is -2.28. The molecular formula is C14H17FN4O2. The van der Waals surface area contributed by atoms with E-state index in [9.17, 15) is 9.18 Å². The molecule has 0 bridgehead atoms. The van der Waals surface area contributed by atoms with Gasteiger partial charge in [0.2, 0.25) is 0 Å². The highest BCUT2D eigenvalue weighted by molar-refractivity contribution is 5.84. The van der Waals surface area contributed by atoms with Gasteiger partial charge in [-0.15, -0.1) is 5.10 Å². The van der Waals surface area contributed by atoms with Crippen molar-refractivity contribution in [3.63, 3.8) is 0 Å². The predicted molar refractivity (Wildman–Crippen MR) is 74.2 cm³/mol. The molecule has 0 aliphatic carbocycles. The second kappa shape index (κ2) is 6.45. The highest BCUT2D eigenvalue weighted by atomic mass is 19.1. The molecule has 2 atom stereocenters. The van der Waals surface area contributed by atoms with Gasteiger partial charge in [-0.05, 0) is 12.5 Å². The summed E-state index contributed by atoms with van der Waals surface area (Å²) >= 11 is 0. The molecule has 1 heterocycles. The number of benzene rings is 1. The number of methoxy groups -OCH3 is 1. The molecule has 21 heavy (non-hydrogen) atoms. The molecule has 0 saturated heterocycles. The van der Waals surface area contributed by atoms with Crippen LogP contribution in [-0.2, 0) is 4.74 Å². The van der Waals surface area contributed by atoms with Gasteiger partial charge in [0.1, 0.15) is 12.1 Å². The van der Waals surface area contributed by atoms with Crippen molar-refractivity contribution in [3.05, 3.63) is 47.8 Å². The van der Waals surface area contributed by atoms with E-state index >= 15 is 0 Å². The van der Waals surface area contributed by atoms with Crippen molar-refractivity contribution in [3.8, 4) is 0 Å². The maximum absolute atomic E-state index is 14.0. The second-order valence-corrected chi connectivity index (χ2v) is 4.58. The Bertz CT molecular complexity index is 629. The third-order valence-corrected chi connectivity index (χ3v) is 3.26. The van der Waals surface area contributed by atoms with Crippen LogP contribution in [0.15, 0.2) is 30.6 Å². The Morgan fingerprint density at radius 2 is 2.19 bits per heavy atom. The summed E-state index contributed by atoms with van der Waals surface area (Å²) in [5, 5.41) is 4.05. The average molecular weight is 292 g/mol. The Morgan fingerprint density at radius 1 is 1.48 bits per heavy atom. The van der Waals surface area contributed by atoms with Crippen LogP contribution in [0.5, 0.6) is 0 Å². The van der Waals surface area contributed by atoms with E-state index in [1.54, 1.807) is 18.2 Å². The summed E-state index contributed by atoms with van der Waals surface area (Å²) in [4.78, 5) is 15.3. The number of hydrogen-bond acceptors (Lipinski definition) is 5. The van der Waals surface area contributed by atoms with Gasteiger partial charge in [0.05, 0.1) is 13.2 Å². The van der Waals surface area contributed by atoms with Gasteiger partial charge in [-0.2, -0.15) is 0 Å². The average Bonchev–Trinajstić information content (AvgIpc) is 2.98. The molecule has 2 rings (SSSR count). The van der Waals surface area contributed by atoms with Gasteiger partial charge in [-0.1, -0.05) is 25.1 Å². The Morgan fingerprint density at radius 3 is 2.81 bits per heavy atom. The van der Waals surface area contributed by atoms with Gasteiger partial charge < -0.3 is 10.5 Å². The lowest BCUT2D eigenvalue weighted by atomic mass is 9.98. The SMILES string of the molecule is CCC(N)C(c1ccccc1F)n1cnc(C(=O)OC)n1. The molecule has 2 unspecified atom stereocenters. The van der Waals surface area contributed by atoms with Crippen LogP contribution in [0.1, 0.15) is 35.6 Å². The van der Waals surface area contributed by atoms with Crippen LogP contribution in [-0.4, -0.2) is 33.9 Å². The molecule has 7 heteroatoms. The zero-order valence-corrected chi connectivity index (χ0v) is 11.9. The summed E-state index contributed by atoms with van der Waals surface area (Å²) in [5.74, 6) is -1.10. The predicted octanol–water partition coefficient (Wildman–Crippen LogP) is 1.53. The Balaban J connectivity index is 2.44. The van der Waals surface area contributed by atoms with Gasteiger partial charge in [-0.3, -0.25) is 0 Å². The Labute approximate surface area is 121 Å². The lowest BCUT2D eigenvalue weighted by molar-refractivity contribution is 0.0586. The molecule has 2 aromatic rings. The van der Waals surface area contributed by atoms with E-state index in [1.807, 2.05) is 6.92 Å². The maximum atomic E-state index is 14.0. The number of nitrogens with two attached hydrogens (primary N) is 1. The van der Waals surface area contributed by atoms with Crippen molar-refractivity contribution in [2.45, 2.75) is 25.4 Å². The number of hydrogen-bond donors (Lipinski definition) is 1. The minimum atomic E-state index is -0.647. The van der Waals surface area contributed by atoms with Crippen LogP contribution in [0.3, 0.4) is 0 Å². The van der Waals surface area contributed by atoms with Crippen LogP contribution in [0.25, 0.3) is 0 Å². The fourth-order valence-corrected chi connectivity index (χ4v) is 2.10. The molecule has 112 valence electrons. The van der Waals surface area contributed by atoms with Crippen LogP contribution in [0.4, 0.5) is 4.39 Å². The molecule has 0 spiro atoms. The summed E-state index contributed by atoms with van der Waals surface area (Å²) in [6.45, 7) is 1.90. The van der Waals surface area contributed by atoms with Crippen LogP contribution in [0, 0.1) is 5.82 Å². The van der Waals surface area contributed by atoms with Crippen molar-refractivity contribution < 1.29 is 13.9 Å². The number of carbonyl (C=O) groups is 1. The van der Waals surface area contributed by atoms with Crippen molar-refractivity contribution >= 4 is 5.97 Å². The highest BCUT2D eigenvalue weighted by Gasteiger charge is 2.25. The van der Waals surface area contributed by atoms with Crippen molar-refractivity contribution in [2.24, 2.45) is 5.73 Å². The van der Waals surface area contributed by atoms with Gasteiger partial charge in [0.15, 0.2) is 0 Å². The first-order valence-corrected chi connectivity index (χ1v) is 6.58. The number of rotatable bonds is 5. The maximum Gasteiger partial charge on any atom is 0.377 e. The van der Waals surface area contributed by atoms with E-state index in [1.165, 1.54) is 24.2 Å². The zero-order valence-electron chi connectivity index (χ0n) is 11.9. The van der Waals surface area contributed by atoms with Crippen molar-refractivity contribution in [1.82, 2.24) is 14.8 Å². The van der Waals surface area contributed by atoms with Gasteiger partial charge in [0, 0.05) is 11.6 Å². The van der Waals surface area contributed by atoms with Crippen molar-refractivity contribution in [2.75, 3.05) is 7.11 Å². The molecule has 0 aliphatic heterocycles. The third-order valence-electron chi connectivity index (χ3n) is 3.26. The lowest BCUT2D eigenvalue weighted by Crippen LogP contribution is -2.33. The number of nitrogens with zero attached hydrogens (tertiary/aromatic N) is 3. The second-order valence-electron chi connectivity index (χ2n) is 4.58. The van der Waals surface area contributed by atoms with Gasteiger partial charge in [-0.25, -0.2) is 18.9 Å². The summed E-state index contributed by atoms with van der Waals surface area (Å²) in [7, 11) is 1.25. The number of aromatic nitrogens is 3. The normalized spacial score (nSPS) is 13.7. The van der Waals surface area contributed by atoms with Crippen LogP contribution < -0.4 is 5.73 Å². The van der Waals surface area contributed by atoms with Crippen molar-refractivity contribution in [1.29, 1.82) is 0 Å². The van der Waals surface area contributed by atoms with Gasteiger partial charge in [0.25, 0.3) is 5.82 Å². The van der Waals surface area contributed by atoms with Crippen LogP contribution in [0.2, 0.25) is 0 Å². The number of carbonyl (C=O) groups excluding carboxylic acids is 1. The Kier molecular flexibility index (Phi) is 4.64. The van der Waals surface area contributed by atoms with E-state index in [0.717, 1.165) is 0 Å². The molecular weight excluding hydrogens is 275 g/mol. The molecule has 0 radical (unpaired) electrons. The zero-order chi connectivity index (χ0) is 15.4. The number of ether oxygens (including phenoxy) is 1. The molecule has 0 fully saturated rings. The smallest absolute Gasteiger partial charge is 0.377 e. The van der Waals surface area contributed by atoms with Gasteiger partial charge >= 0.3 is 5.97 Å². The number of esters is 1. The van der Waals surface area contributed by atoms with E-state index in [-0.39, 0.29) is 17.7 Å². The molecule has 0 aliphatic rings. The molecule has 0 amide bonds. The molecule has 0 saturated carbocycles. The monoisotopic (exact) mass is 292 g/mol. The first-order valence-electron chi connectivity index (χ1n) is 6.58. The fraction of sp³-hybridized carbons (Fsp3) is 0.357. The molecule has 1 aromatic heterocycles. The first-order chi connectivity index (χ1) is 10.1. The summed E-state index contributed by atoms with van der Waals surface area (Å²) in [5.41, 5.74) is 6.51. The van der Waals surface area contributed by atoms with E-state index < -0.39 is 12.0 Å². The lowest BCUT2D eigenvalue weighted by Gasteiger charge is -2.23. The summed E-state index contributed by atoms with van der Waals surface area (Å²) in [6.07, 6.45) is 1.98.